The maximum absolute atomic E-state index is 12.5. The predicted octanol–water partition coefficient (Wildman–Crippen LogP) is 3.56. The lowest BCUT2D eigenvalue weighted by atomic mass is 9.95. The first-order chi connectivity index (χ1) is 10.5. The third-order valence-electron chi connectivity index (χ3n) is 3.88. The molecule has 2 N–H and O–H groups in total. The summed E-state index contributed by atoms with van der Waals surface area (Å²) in [5.41, 5.74) is 0.624. The molecule has 1 aliphatic rings. The van der Waals surface area contributed by atoms with Crippen molar-refractivity contribution in [2.24, 2.45) is 0 Å². The number of carbonyl (C=O) groups excluding carboxylic acids is 1. The van der Waals surface area contributed by atoms with Gasteiger partial charge in [0.1, 0.15) is 4.88 Å². The summed E-state index contributed by atoms with van der Waals surface area (Å²) in [6.07, 6.45) is 1.70. The van der Waals surface area contributed by atoms with Crippen LogP contribution in [-0.4, -0.2) is 17.0 Å². The van der Waals surface area contributed by atoms with Gasteiger partial charge in [0.05, 0.1) is 12.0 Å². The van der Waals surface area contributed by atoms with Gasteiger partial charge in [-0.2, -0.15) is 0 Å². The van der Waals surface area contributed by atoms with E-state index in [1.807, 2.05) is 24.3 Å². The molecule has 0 aliphatic heterocycles. The number of aromatic carboxylic acids is 1. The molecule has 1 aliphatic carbocycles. The van der Waals surface area contributed by atoms with Crippen molar-refractivity contribution in [1.82, 2.24) is 5.32 Å². The molecule has 22 heavy (non-hydrogen) atoms. The van der Waals surface area contributed by atoms with E-state index in [0.29, 0.717) is 11.4 Å². The molecule has 3 rings (SSSR count). The number of amides is 1. The van der Waals surface area contributed by atoms with Gasteiger partial charge in [0.25, 0.3) is 0 Å². The van der Waals surface area contributed by atoms with Crippen LogP contribution in [0.3, 0.4) is 0 Å². The number of hydrogen-bond acceptors (Lipinski definition) is 3. The fourth-order valence-electron chi connectivity index (χ4n) is 2.47. The summed E-state index contributed by atoms with van der Waals surface area (Å²) in [5.74, 6) is -0.920. The number of benzene rings is 1. The van der Waals surface area contributed by atoms with E-state index in [0.717, 1.165) is 27.8 Å². The van der Waals surface area contributed by atoms with Crippen molar-refractivity contribution in [3.05, 3.63) is 56.2 Å². The van der Waals surface area contributed by atoms with Gasteiger partial charge < -0.3 is 10.4 Å². The van der Waals surface area contributed by atoms with E-state index in [4.69, 9.17) is 5.11 Å². The Bertz CT molecular complexity index is 719. The SMILES string of the molecule is O=C(O)c1ccc(CNC(=O)C2(c3ccc(Br)cc3)CC2)s1. The fraction of sp³-hybridized carbons (Fsp3) is 0.250. The minimum absolute atomic E-state index is 0.0140. The maximum Gasteiger partial charge on any atom is 0.345 e. The predicted molar refractivity (Wildman–Crippen MR) is 88.2 cm³/mol. The van der Waals surface area contributed by atoms with Gasteiger partial charge in [0, 0.05) is 9.35 Å². The minimum atomic E-state index is -0.934. The van der Waals surface area contributed by atoms with Crippen molar-refractivity contribution in [3.63, 3.8) is 0 Å². The summed E-state index contributed by atoms with van der Waals surface area (Å²) < 4.78 is 0.993. The Morgan fingerprint density at radius 2 is 1.86 bits per heavy atom. The van der Waals surface area contributed by atoms with Crippen molar-refractivity contribution < 1.29 is 14.7 Å². The number of carboxylic acid groups (broad SMARTS) is 1. The first kappa shape index (κ1) is 15.2. The smallest absolute Gasteiger partial charge is 0.345 e. The van der Waals surface area contributed by atoms with E-state index in [1.165, 1.54) is 11.3 Å². The van der Waals surface area contributed by atoms with Crippen LogP contribution in [-0.2, 0) is 16.8 Å². The third kappa shape index (κ3) is 2.94. The number of carbonyl (C=O) groups is 2. The standard InChI is InChI=1S/C16H14BrNO3S/c17-11-3-1-10(2-4-11)16(7-8-16)15(21)18-9-12-5-6-13(22-12)14(19)20/h1-6H,7-9H2,(H,18,21)(H,19,20). The summed E-state index contributed by atoms with van der Waals surface area (Å²) in [6.45, 7) is 0.370. The minimum Gasteiger partial charge on any atom is -0.477 e. The van der Waals surface area contributed by atoms with Crippen LogP contribution < -0.4 is 5.32 Å². The van der Waals surface area contributed by atoms with Crippen LogP contribution in [0.5, 0.6) is 0 Å². The molecule has 1 amide bonds. The molecule has 1 aromatic heterocycles. The molecular weight excluding hydrogens is 366 g/mol. The second-order valence-corrected chi connectivity index (χ2v) is 7.43. The normalized spacial score (nSPS) is 15.3. The zero-order valence-electron chi connectivity index (χ0n) is 11.6. The summed E-state index contributed by atoms with van der Waals surface area (Å²) in [4.78, 5) is 24.5. The van der Waals surface area contributed by atoms with Crippen LogP contribution >= 0.6 is 27.3 Å². The second-order valence-electron chi connectivity index (χ2n) is 5.34. The van der Waals surface area contributed by atoms with Gasteiger partial charge in [-0.3, -0.25) is 4.79 Å². The Morgan fingerprint density at radius 1 is 1.18 bits per heavy atom. The number of rotatable bonds is 5. The third-order valence-corrected chi connectivity index (χ3v) is 5.48. The highest BCUT2D eigenvalue weighted by Crippen LogP contribution is 2.48. The first-order valence-corrected chi connectivity index (χ1v) is 8.48. The van der Waals surface area contributed by atoms with Crippen LogP contribution in [0, 0.1) is 0 Å². The summed E-state index contributed by atoms with van der Waals surface area (Å²) in [7, 11) is 0. The number of carboxylic acids is 1. The molecule has 0 atom stereocenters. The topological polar surface area (TPSA) is 66.4 Å². The molecule has 4 nitrogen and oxygen atoms in total. The van der Waals surface area contributed by atoms with E-state index in [1.54, 1.807) is 12.1 Å². The first-order valence-electron chi connectivity index (χ1n) is 6.88. The van der Waals surface area contributed by atoms with Crippen LogP contribution in [0.1, 0.15) is 33.0 Å². The number of halogens is 1. The van der Waals surface area contributed by atoms with Crippen LogP contribution in [0.2, 0.25) is 0 Å². The van der Waals surface area contributed by atoms with E-state index in [9.17, 15) is 9.59 Å². The van der Waals surface area contributed by atoms with Crippen LogP contribution in [0.15, 0.2) is 40.9 Å². The Balaban J connectivity index is 1.66. The Kier molecular flexibility index (Phi) is 4.06. The van der Waals surface area contributed by atoms with Gasteiger partial charge in [0.15, 0.2) is 0 Å². The molecule has 6 heteroatoms. The summed E-state index contributed by atoms with van der Waals surface area (Å²) >= 11 is 4.59. The zero-order chi connectivity index (χ0) is 15.7. The van der Waals surface area contributed by atoms with Gasteiger partial charge in [0.2, 0.25) is 5.91 Å². The molecule has 1 aromatic carbocycles. The molecular formula is C16H14BrNO3S. The molecule has 2 aromatic rings. The van der Waals surface area contributed by atoms with Gasteiger partial charge in [-0.1, -0.05) is 28.1 Å². The lowest BCUT2D eigenvalue weighted by Gasteiger charge is -2.15. The monoisotopic (exact) mass is 379 g/mol. The van der Waals surface area contributed by atoms with Crippen molar-refractivity contribution in [2.75, 3.05) is 0 Å². The molecule has 0 spiro atoms. The Labute approximate surface area is 140 Å². The molecule has 1 heterocycles. The Morgan fingerprint density at radius 3 is 2.41 bits per heavy atom. The quantitative estimate of drug-likeness (QED) is 0.834. The van der Waals surface area contributed by atoms with E-state index in [-0.39, 0.29) is 5.91 Å². The highest BCUT2D eigenvalue weighted by molar-refractivity contribution is 9.10. The van der Waals surface area contributed by atoms with Gasteiger partial charge in [-0.25, -0.2) is 4.79 Å². The van der Waals surface area contributed by atoms with Gasteiger partial charge in [-0.15, -0.1) is 11.3 Å². The van der Waals surface area contributed by atoms with Crippen molar-refractivity contribution >= 4 is 39.1 Å². The number of thiophene rings is 1. The van der Waals surface area contributed by atoms with E-state index >= 15 is 0 Å². The molecule has 1 saturated carbocycles. The van der Waals surface area contributed by atoms with Crippen LogP contribution in [0.4, 0.5) is 0 Å². The highest BCUT2D eigenvalue weighted by Gasteiger charge is 2.51. The molecule has 1 fully saturated rings. The van der Waals surface area contributed by atoms with E-state index < -0.39 is 11.4 Å². The average Bonchev–Trinajstić information content (AvgIpc) is 3.17. The lowest BCUT2D eigenvalue weighted by molar-refractivity contribution is -0.123. The largest absolute Gasteiger partial charge is 0.477 e. The zero-order valence-corrected chi connectivity index (χ0v) is 14.0. The fourth-order valence-corrected chi connectivity index (χ4v) is 3.52. The molecule has 0 saturated heterocycles. The van der Waals surface area contributed by atoms with Crippen molar-refractivity contribution in [3.8, 4) is 0 Å². The molecule has 0 unspecified atom stereocenters. The molecule has 114 valence electrons. The summed E-state index contributed by atoms with van der Waals surface area (Å²) in [6, 6.07) is 11.2. The maximum atomic E-state index is 12.5. The Hall–Kier alpha value is -1.66. The number of nitrogens with one attached hydrogen (secondary N) is 1. The summed E-state index contributed by atoms with van der Waals surface area (Å²) in [5, 5.41) is 11.8. The van der Waals surface area contributed by atoms with Crippen molar-refractivity contribution in [1.29, 1.82) is 0 Å². The van der Waals surface area contributed by atoms with Crippen molar-refractivity contribution in [2.45, 2.75) is 24.8 Å². The highest BCUT2D eigenvalue weighted by atomic mass is 79.9. The van der Waals surface area contributed by atoms with Crippen LogP contribution in [0.25, 0.3) is 0 Å². The average molecular weight is 380 g/mol. The van der Waals surface area contributed by atoms with Gasteiger partial charge in [-0.05, 0) is 42.7 Å². The molecule has 0 bridgehead atoms. The molecule has 0 radical (unpaired) electrons. The lowest BCUT2D eigenvalue weighted by Crippen LogP contribution is -2.34. The van der Waals surface area contributed by atoms with E-state index in [2.05, 4.69) is 21.2 Å². The second kappa shape index (κ2) is 5.85. The van der Waals surface area contributed by atoms with Gasteiger partial charge >= 0.3 is 5.97 Å². The number of hydrogen-bond donors (Lipinski definition) is 2.